The van der Waals surface area contributed by atoms with Crippen LogP contribution in [0.15, 0.2) is 47.3 Å². The van der Waals surface area contributed by atoms with Gasteiger partial charge in [0.1, 0.15) is 5.75 Å². The predicted molar refractivity (Wildman–Crippen MR) is 90.1 cm³/mol. The van der Waals surface area contributed by atoms with Crippen LogP contribution in [0.5, 0.6) is 5.75 Å². The van der Waals surface area contributed by atoms with Crippen molar-refractivity contribution in [3.8, 4) is 5.75 Å². The van der Waals surface area contributed by atoms with Gasteiger partial charge in [0, 0.05) is 13.1 Å². The smallest absolute Gasteiger partial charge is 0.260 e. The minimum atomic E-state index is -0.0953. The van der Waals surface area contributed by atoms with Gasteiger partial charge in [-0.15, -0.1) is 0 Å². The SMILES string of the molecule is COc1ccc2c(c1)CN(c1nc3ccccc3c(=O)[nH]1)CC2. The van der Waals surface area contributed by atoms with Crippen LogP contribution in [0, 0.1) is 0 Å². The van der Waals surface area contributed by atoms with E-state index in [0.29, 0.717) is 17.9 Å². The Morgan fingerprint density at radius 2 is 2.04 bits per heavy atom. The van der Waals surface area contributed by atoms with Gasteiger partial charge in [-0.1, -0.05) is 18.2 Å². The molecule has 5 heteroatoms. The van der Waals surface area contributed by atoms with Crippen LogP contribution in [0.2, 0.25) is 0 Å². The second-order valence-electron chi connectivity index (χ2n) is 5.71. The molecule has 0 radical (unpaired) electrons. The molecule has 0 unspecified atom stereocenters. The number of H-pyrrole nitrogens is 1. The maximum Gasteiger partial charge on any atom is 0.260 e. The average molecular weight is 307 g/mol. The number of aromatic amines is 1. The lowest BCUT2D eigenvalue weighted by Crippen LogP contribution is -2.33. The Morgan fingerprint density at radius 1 is 1.17 bits per heavy atom. The molecule has 1 aromatic heterocycles. The fraction of sp³-hybridized carbons (Fsp3) is 0.222. The molecule has 2 heterocycles. The summed E-state index contributed by atoms with van der Waals surface area (Å²) in [5, 5.41) is 0.621. The van der Waals surface area contributed by atoms with E-state index in [1.165, 1.54) is 11.1 Å². The number of anilines is 1. The van der Waals surface area contributed by atoms with Gasteiger partial charge in [0.15, 0.2) is 0 Å². The Bertz CT molecular complexity index is 933. The second-order valence-corrected chi connectivity index (χ2v) is 5.71. The molecule has 1 N–H and O–H groups in total. The Kier molecular flexibility index (Phi) is 3.26. The molecular formula is C18H17N3O2. The van der Waals surface area contributed by atoms with Crippen molar-refractivity contribution in [3.63, 3.8) is 0 Å². The first-order valence-corrected chi connectivity index (χ1v) is 7.64. The Morgan fingerprint density at radius 3 is 2.91 bits per heavy atom. The number of nitrogens with one attached hydrogen (secondary N) is 1. The number of rotatable bonds is 2. The number of aromatic nitrogens is 2. The largest absolute Gasteiger partial charge is 0.497 e. The number of fused-ring (bicyclic) bond motifs is 2. The normalized spacial score (nSPS) is 13.9. The molecular weight excluding hydrogens is 290 g/mol. The fourth-order valence-corrected chi connectivity index (χ4v) is 3.07. The van der Waals surface area contributed by atoms with Gasteiger partial charge in [-0.3, -0.25) is 9.78 Å². The van der Waals surface area contributed by atoms with Gasteiger partial charge in [-0.25, -0.2) is 4.98 Å². The fourth-order valence-electron chi connectivity index (χ4n) is 3.07. The van der Waals surface area contributed by atoms with E-state index >= 15 is 0 Å². The van der Waals surface area contributed by atoms with Crippen LogP contribution < -0.4 is 15.2 Å². The highest BCUT2D eigenvalue weighted by Gasteiger charge is 2.19. The Balaban J connectivity index is 1.73. The molecule has 0 fully saturated rings. The monoisotopic (exact) mass is 307 g/mol. The van der Waals surface area contributed by atoms with Crippen molar-refractivity contribution in [2.75, 3.05) is 18.6 Å². The van der Waals surface area contributed by atoms with Crippen LogP contribution in [-0.4, -0.2) is 23.6 Å². The first kappa shape index (κ1) is 13.8. The van der Waals surface area contributed by atoms with Gasteiger partial charge in [-0.2, -0.15) is 0 Å². The third-order valence-electron chi connectivity index (χ3n) is 4.33. The highest BCUT2D eigenvalue weighted by molar-refractivity contribution is 5.78. The quantitative estimate of drug-likeness (QED) is 0.790. The van der Waals surface area contributed by atoms with Crippen molar-refractivity contribution in [2.45, 2.75) is 13.0 Å². The van der Waals surface area contributed by atoms with Gasteiger partial charge in [-0.05, 0) is 41.8 Å². The molecule has 1 aliphatic rings. The van der Waals surface area contributed by atoms with Crippen molar-refractivity contribution >= 4 is 16.9 Å². The molecule has 0 saturated heterocycles. The summed E-state index contributed by atoms with van der Waals surface area (Å²) >= 11 is 0. The summed E-state index contributed by atoms with van der Waals surface area (Å²) < 4.78 is 5.31. The zero-order chi connectivity index (χ0) is 15.8. The molecule has 0 bridgehead atoms. The number of para-hydroxylation sites is 1. The summed E-state index contributed by atoms with van der Waals surface area (Å²) in [6.45, 7) is 1.55. The van der Waals surface area contributed by atoms with E-state index in [0.717, 1.165) is 24.2 Å². The molecule has 0 spiro atoms. The standard InChI is InChI=1S/C18H17N3O2/c1-23-14-7-6-12-8-9-21(11-13(12)10-14)18-19-16-5-3-2-4-15(16)17(22)20-18/h2-7,10H,8-9,11H2,1H3,(H,19,20,22). The van der Waals surface area contributed by atoms with E-state index in [9.17, 15) is 4.79 Å². The van der Waals surface area contributed by atoms with E-state index in [-0.39, 0.29) is 5.56 Å². The lowest BCUT2D eigenvalue weighted by molar-refractivity contribution is 0.413. The minimum Gasteiger partial charge on any atom is -0.497 e. The molecule has 0 amide bonds. The maximum absolute atomic E-state index is 12.2. The van der Waals surface area contributed by atoms with Crippen molar-refractivity contribution in [3.05, 3.63) is 63.9 Å². The first-order chi connectivity index (χ1) is 11.2. The first-order valence-electron chi connectivity index (χ1n) is 7.64. The van der Waals surface area contributed by atoms with Crippen LogP contribution in [0.3, 0.4) is 0 Å². The van der Waals surface area contributed by atoms with Crippen LogP contribution in [0.25, 0.3) is 10.9 Å². The lowest BCUT2D eigenvalue weighted by Gasteiger charge is -2.29. The van der Waals surface area contributed by atoms with Crippen molar-refractivity contribution in [1.29, 1.82) is 0 Å². The van der Waals surface area contributed by atoms with Gasteiger partial charge < -0.3 is 9.64 Å². The highest BCUT2D eigenvalue weighted by atomic mass is 16.5. The molecule has 5 nitrogen and oxygen atoms in total. The van der Waals surface area contributed by atoms with Gasteiger partial charge in [0.2, 0.25) is 5.95 Å². The molecule has 0 aliphatic carbocycles. The van der Waals surface area contributed by atoms with Crippen LogP contribution in [-0.2, 0) is 13.0 Å². The maximum atomic E-state index is 12.2. The molecule has 0 atom stereocenters. The van der Waals surface area contributed by atoms with Crippen molar-refractivity contribution in [2.24, 2.45) is 0 Å². The summed E-state index contributed by atoms with van der Waals surface area (Å²) in [4.78, 5) is 21.9. The molecule has 0 saturated carbocycles. The minimum absolute atomic E-state index is 0.0953. The number of methoxy groups -OCH3 is 1. The number of nitrogens with zero attached hydrogens (tertiary/aromatic N) is 2. The lowest BCUT2D eigenvalue weighted by atomic mass is 10.00. The van der Waals surface area contributed by atoms with E-state index in [1.54, 1.807) is 13.2 Å². The highest BCUT2D eigenvalue weighted by Crippen LogP contribution is 2.25. The van der Waals surface area contributed by atoms with Crippen LogP contribution in [0.1, 0.15) is 11.1 Å². The summed E-state index contributed by atoms with van der Waals surface area (Å²) in [5.74, 6) is 1.48. The third-order valence-corrected chi connectivity index (χ3v) is 4.33. The van der Waals surface area contributed by atoms with Crippen molar-refractivity contribution in [1.82, 2.24) is 9.97 Å². The van der Waals surface area contributed by atoms with E-state index < -0.39 is 0 Å². The third kappa shape index (κ3) is 2.44. The Labute approximate surface area is 133 Å². The van der Waals surface area contributed by atoms with E-state index in [2.05, 4.69) is 27.0 Å². The molecule has 3 aromatic rings. The van der Waals surface area contributed by atoms with Gasteiger partial charge in [0.25, 0.3) is 5.56 Å². The number of hydrogen-bond acceptors (Lipinski definition) is 4. The number of hydrogen-bond donors (Lipinski definition) is 1. The van der Waals surface area contributed by atoms with Crippen molar-refractivity contribution < 1.29 is 4.74 Å². The predicted octanol–water partition coefficient (Wildman–Crippen LogP) is 2.49. The Hall–Kier alpha value is -2.82. The van der Waals surface area contributed by atoms with Crippen LogP contribution in [0.4, 0.5) is 5.95 Å². The summed E-state index contributed by atoms with van der Waals surface area (Å²) in [6.07, 6.45) is 0.926. The molecule has 4 rings (SSSR count). The average Bonchev–Trinajstić information content (AvgIpc) is 2.60. The summed E-state index contributed by atoms with van der Waals surface area (Å²) in [7, 11) is 1.67. The molecule has 2 aromatic carbocycles. The summed E-state index contributed by atoms with van der Waals surface area (Å²) in [6, 6.07) is 13.6. The van der Waals surface area contributed by atoms with Crippen LogP contribution >= 0.6 is 0 Å². The van der Waals surface area contributed by atoms with E-state index in [4.69, 9.17) is 4.74 Å². The number of ether oxygens (including phenoxy) is 1. The van der Waals surface area contributed by atoms with E-state index in [1.807, 2.05) is 24.3 Å². The molecule has 1 aliphatic heterocycles. The molecule has 116 valence electrons. The van der Waals surface area contributed by atoms with Gasteiger partial charge >= 0.3 is 0 Å². The topological polar surface area (TPSA) is 58.2 Å². The summed E-state index contributed by atoms with van der Waals surface area (Å²) in [5.41, 5.74) is 3.17. The zero-order valence-corrected chi connectivity index (χ0v) is 12.9. The number of benzene rings is 2. The van der Waals surface area contributed by atoms with Gasteiger partial charge in [0.05, 0.1) is 18.0 Å². The zero-order valence-electron chi connectivity index (χ0n) is 12.9. The molecule has 23 heavy (non-hydrogen) atoms. The second kappa shape index (κ2) is 5.43.